The maximum absolute atomic E-state index is 13.0. The Morgan fingerprint density at radius 1 is 0.949 bits per heavy atom. The second kappa shape index (κ2) is 13.4. The molecule has 2 atom stereocenters. The van der Waals surface area contributed by atoms with Crippen LogP contribution in [0.2, 0.25) is 10.0 Å². The Balaban J connectivity index is 0.000000532. The van der Waals surface area contributed by atoms with Crippen molar-refractivity contribution in [3.63, 3.8) is 0 Å². The van der Waals surface area contributed by atoms with Crippen LogP contribution in [0.15, 0.2) is 95.7 Å². The van der Waals surface area contributed by atoms with Gasteiger partial charge in [0, 0.05) is 33.6 Å². The number of carbonyl (C=O) groups is 2. The lowest BCUT2D eigenvalue weighted by atomic mass is 9.86. The largest absolute Gasteiger partial charge is 0.542 e. The highest BCUT2D eigenvalue weighted by molar-refractivity contribution is 6.30. The van der Waals surface area contributed by atoms with Gasteiger partial charge in [-0.1, -0.05) is 82.9 Å². The van der Waals surface area contributed by atoms with E-state index in [1.54, 1.807) is 5.43 Å². The number of hydrogen-bond acceptors (Lipinski definition) is 4. The van der Waals surface area contributed by atoms with Crippen molar-refractivity contribution < 1.29 is 33.3 Å². The molecule has 1 heterocycles. The van der Waals surface area contributed by atoms with Gasteiger partial charge in [-0.25, -0.2) is 0 Å². The van der Waals surface area contributed by atoms with E-state index in [-0.39, 0.29) is 17.9 Å². The number of carboxylic acid groups (broad SMARTS) is 1. The van der Waals surface area contributed by atoms with E-state index in [4.69, 9.17) is 33.1 Å². The molecule has 1 aliphatic heterocycles. The van der Waals surface area contributed by atoms with Crippen LogP contribution < -0.4 is 15.8 Å². The highest BCUT2D eigenvalue weighted by Gasteiger charge is 2.29. The van der Waals surface area contributed by atoms with E-state index in [1.165, 1.54) is 0 Å². The Morgan fingerprint density at radius 2 is 1.49 bits per heavy atom. The Morgan fingerprint density at radius 3 is 2.03 bits per heavy atom. The standard InChI is InChI=1S/C26H23Cl2N3O.C2HF3O2/c1-17(29-26(32)25-16-24(30-31-25)20-5-3-2-4-6-20)23(19-9-13-22(28)14-10-19)15-18-7-11-21(27)12-8-18;3-2(4,5)1(6)7/h2-14,16-17,23H,15H2,1H3,(H,29,32)(H,30,31);(H,6,7)/t17-,23+;/m1./s1. The average molecular weight is 578 g/mol. The predicted molar refractivity (Wildman–Crippen MR) is 141 cm³/mol. The molecule has 39 heavy (non-hydrogen) atoms. The third kappa shape index (κ3) is 8.95. The number of alkyl halides is 3. The molecule has 1 aliphatic rings. The second-order valence-corrected chi connectivity index (χ2v) is 9.52. The molecule has 0 fully saturated rings. The summed E-state index contributed by atoms with van der Waals surface area (Å²) in [7, 11) is 0. The van der Waals surface area contributed by atoms with E-state index in [1.807, 2.05) is 91.9 Å². The molecule has 204 valence electrons. The number of nitrogens with two attached hydrogens (primary N) is 1. The minimum Gasteiger partial charge on any atom is -0.542 e. The van der Waals surface area contributed by atoms with Gasteiger partial charge in [0.15, 0.2) is 0 Å². The summed E-state index contributed by atoms with van der Waals surface area (Å²) in [6.07, 6.45) is -2.61. The number of amides is 1. The number of benzene rings is 3. The lowest BCUT2D eigenvalue weighted by Crippen LogP contribution is -2.77. The number of allylic oxidation sites excluding steroid dienone is 1. The number of halogens is 5. The van der Waals surface area contributed by atoms with Crippen LogP contribution in [-0.2, 0) is 16.0 Å². The van der Waals surface area contributed by atoms with Crippen molar-refractivity contribution in [1.29, 1.82) is 0 Å². The summed E-state index contributed by atoms with van der Waals surface area (Å²) in [5.74, 6) is -3.08. The summed E-state index contributed by atoms with van der Waals surface area (Å²) in [5, 5.41) is 17.8. The number of carboxylic acids is 1. The van der Waals surface area contributed by atoms with Crippen molar-refractivity contribution in [3.8, 4) is 0 Å². The summed E-state index contributed by atoms with van der Waals surface area (Å²) in [4.78, 5) is 21.8. The summed E-state index contributed by atoms with van der Waals surface area (Å²) in [5.41, 5.74) is 6.22. The molecule has 0 saturated heterocycles. The van der Waals surface area contributed by atoms with E-state index < -0.39 is 12.1 Å². The number of aliphatic carboxylic acids is 1. The molecule has 4 rings (SSSR count). The highest BCUT2D eigenvalue weighted by Crippen LogP contribution is 2.27. The Hall–Kier alpha value is -3.66. The van der Waals surface area contributed by atoms with Gasteiger partial charge in [0.2, 0.25) is 5.70 Å². The molecule has 0 aliphatic carbocycles. The number of hydrogen-bond donors (Lipinski definition) is 2. The smallest absolute Gasteiger partial charge is 0.430 e. The number of nitrogens with zero attached hydrogens (tertiary/aromatic N) is 1. The predicted octanol–water partition coefficient (Wildman–Crippen LogP) is 3.99. The topological polar surface area (TPSA) is 98.2 Å². The molecule has 0 aromatic heterocycles. The quantitative estimate of drug-likeness (QED) is 0.415. The van der Waals surface area contributed by atoms with Crippen molar-refractivity contribution in [2.45, 2.75) is 31.5 Å². The van der Waals surface area contributed by atoms with Crippen molar-refractivity contribution in [1.82, 2.24) is 5.32 Å². The van der Waals surface area contributed by atoms with Crippen LogP contribution in [0, 0.1) is 0 Å². The van der Waals surface area contributed by atoms with Crippen LogP contribution in [0.1, 0.15) is 29.5 Å². The van der Waals surface area contributed by atoms with Gasteiger partial charge in [0.25, 0.3) is 0 Å². The number of quaternary nitrogens is 1. The number of nitrogens with one attached hydrogen (secondary N) is 1. The third-order valence-electron chi connectivity index (χ3n) is 5.83. The van der Waals surface area contributed by atoms with Crippen LogP contribution in [0.3, 0.4) is 0 Å². The number of carbonyl (C=O) groups excluding carboxylic acids is 2. The average Bonchev–Trinajstić information content (AvgIpc) is 3.40. The van der Waals surface area contributed by atoms with Gasteiger partial charge >= 0.3 is 12.1 Å². The lowest BCUT2D eigenvalue weighted by Gasteiger charge is -2.25. The first-order valence-electron chi connectivity index (χ1n) is 11.7. The fourth-order valence-electron chi connectivity index (χ4n) is 3.81. The Bertz CT molecular complexity index is 1340. The molecule has 0 spiro atoms. The normalized spacial score (nSPS) is 14.3. The zero-order valence-corrected chi connectivity index (χ0v) is 22.1. The molecule has 3 N–H and O–H groups in total. The minimum absolute atomic E-state index is 0.0638. The van der Waals surface area contributed by atoms with Crippen LogP contribution in [0.5, 0.6) is 0 Å². The molecule has 0 radical (unpaired) electrons. The van der Waals surface area contributed by atoms with E-state index in [0.717, 1.165) is 28.8 Å². The lowest BCUT2D eigenvalue weighted by molar-refractivity contribution is -0.602. The van der Waals surface area contributed by atoms with Crippen molar-refractivity contribution in [2.24, 2.45) is 5.10 Å². The summed E-state index contributed by atoms with van der Waals surface area (Å²) in [6, 6.07) is 25.3. The van der Waals surface area contributed by atoms with Crippen molar-refractivity contribution >= 4 is 40.8 Å². The van der Waals surface area contributed by atoms with Gasteiger partial charge in [-0.05, 0) is 48.7 Å². The minimum atomic E-state index is -5.19. The maximum Gasteiger partial charge on any atom is 0.430 e. The van der Waals surface area contributed by atoms with E-state index in [2.05, 4.69) is 10.4 Å². The zero-order valence-electron chi connectivity index (χ0n) is 20.6. The van der Waals surface area contributed by atoms with Gasteiger partial charge < -0.3 is 15.2 Å². The van der Waals surface area contributed by atoms with Crippen molar-refractivity contribution in [2.75, 3.05) is 0 Å². The van der Waals surface area contributed by atoms with Gasteiger partial charge in [0.05, 0.1) is 0 Å². The molecule has 1 amide bonds. The SMILES string of the molecule is C[C@@H](NC(=O)C1=CC(c2ccccc2)=N[NH2+]1)[C@H](Cc1ccc(Cl)cc1)c1ccc(Cl)cc1.O=C([O-])C(F)(F)F. The van der Waals surface area contributed by atoms with Gasteiger partial charge in [0.1, 0.15) is 11.7 Å². The summed E-state index contributed by atoms with van der Waals surface area (Å²) in [6.45, 7) is 2.03. The van der Waals surface area contributed by atoms with Crippen LogP contribution >= 0.6 is 23.2 Å². The molecule has 0 saturated carbocycles. The van der Waals surface area contributed by atoms with Gasteiger partial charge in [-0.2, -0.15) is 18.6 Å². The number of rotatable bonds is 7. The fourth-order valence-corrected chi connectivity index (χ4v) is 4.06. The molecular weight excluding hydrogens is 554 g/mol. The van der Waals surface area contributed by atoms with Gasteiger partial charge in [-0.15, -0.1) is 0 Å². The second-order valence-electron chi connectivity index (χ2n) is 8.65. The first-order chi connectivity index (χ1) is 18.4. The first-order valence-corrected chi connectivity index (χ1v) is 12.5. The molecule has 0 bridgehead atoms. The van der Waals surface area contributed by atoms with E-state index >= 15 is 0 Å². The zero-order chi connectivity index (χ0) is 28.6. The monoisotopic (exact) mass is 577 g/mol. The molecule has 0 unspecified atom stereocenters. The van der Waals surface area contributed by atoms with Crippen LogP contribution in [0.4, 0.5) is 13.2 Å². The highest BCUT2D eigenvalue weighted by atomic mass is 35.5. The summed E-state index contributed by atoms with van der Waals surface area (Å²) < 4.78 is 31.5. The van der Waals surface area contributed by atoms with Crippen LogP contribution in [0.25, 0.3) is 0 Å². The third-order valence-corrected chi connectivity index (χ3v) is 6.33. The molecule has 11 heteroatoms. The van der Waals surface area contributed by atoms with Crippen molar-refractivity contribution in [3.05, 3.63) is 117 Å². The van der Waals surface area contributed by atoms with E-state index in [9.17, 15) is 18.0 Å². The van der Waals surface area contributed by atoms with E-state index in [0.29, 0.717) is 15.7 Å². The molecule has 3 aromatic rings. The van der Waals surface area contributed by atoms with Gasteiger partial charge in [-0.3, -0.25) is 4.79 Å². The summed E-state index contributed by atoms with van der Waals surface area (Å²) >= 11 is 12.1. The molecule has 3 aromatic carbocycles. The Labute approximate surface area is 233 Å². The fraction of sp³-hybridized carbons (Fsp3) is 0.179. The Kier molecular flexibility index (Phi) is 10.3. The van der Waals surface area contributed by atoms with Crippen LogP contribution in [-0.4, -0.2) is 29.8 Å². The molecule has 6 nitrogen and oxygen atoms in total. The maximum atomic E-state index is 13.0. The molecular formula is C28H24Cl2F3N3O3. The first kappa shape index (κ1) is 29.9.